The Kier molecular flexibility index (Phi) is 4.20. The molecule has 1 N–H and O–H groups in total. The van der Waals surface area contributed by atoms with Crippen LogP contribution in [0.25, 0.3) is 0 Å². The molecular weight excluding hydrogens is 298 g/mol. The van der Waals surface area contributed by atoms with Crippen molar-refractivity contribution in [3.8, 4) is 0 Å². The van der Waals surface area contributed by atoms with Crippen molar-refractivity contribution in [2.75, 3.05) is 14.2 Å². The molecule has 10 heteroatoms. The van der Waals surface area contributed by atoms with Gasteiger partial charge in [-0.25, -0.2) is 24.0 Å². The average molecular weight is 309 g/mol. The molecule has 22 heavy (non-hydrogen) atoms. The quantitative estimate of drug-likeness (QED) is 0.768. The van der Waals surface area contributed by atoms with Gasteiger partial charge in [0.05, 0.1) is 14.2 Å². The maximum Gasteiger partial charge on any atom is 0.358 e. The fourth-order valence-electron chi connectivity index (χ4n) is 1.62. The topological polar surface area (TPSA) is 134 Å². The number of oxazole rings is 1. The molecule has 0 unspecified atom stereocenters. The number of nitrogens with zero attached hydrogens (tertiary/aromatic N) is 3. The van der Waals surface area contributed by atoms with Gasteiger partial charge in [-0.05, 0) is 0 Å². The molecule has 0 bridgehead atoms. The highest BCUT2D eigenvalue weighted by Crippen LogP contribution is 2.11. The van der Waals surface area contributed by atoms with Gasteiger partial charge in [-0.2, -0.15) is 5.10 Å². The molecule has 0 aliphatic carbocycles. The number of hydrogen-bond acceptors (Lipinski definition) is 8. The first-order valence-corrected chi connectivity index (χ1v) is 5.88. The summed E-state index contributed by atoms with van der Waals surface area (Å²) in [6.07, 6.45) is 0.959. The highest BCUT2D eigenvalue weighted by atomic mass is 16.5. The van der Waals surface area contributed by atoms with Gasteiger partial charge in [0.1, 0.15) is 18.5 Å². The van der Waals surface area contributed by atoms with Crippen molar-refractivity contribution in [2.24, 2.45) is 0 Å². The summed E-state index contributed by atoms with van der Waals surface area (Å²) in [7, 11) is 2.34. The van der Waals surface area contributed by atoms with Crippen LogP contribution in [0.4, 0.5) is 0 Å². The van der Waals surface area contributed by atoms with Crippen LogP contribution in [0, 0.1) is 0 Å². The second-order valence-corrected chi connectivity index (χ2v) is 3.99. The van der Waals surface area contributed by atoms with Crippen LogP contribution < -0.4 is 0 Å². The number of carboxylic acids is 1. The van der Waals surface area contributed by atoms with E-state index in [1.807, 2.05) is 0 Å². The van der Waals surface area contributed by atoms with E-state index in [-0.39, 0.29) is 29.5 Å². The minimum absolute atomic E-state index is 0.00192. The van der Waals surface area contributed by atoms with Crippen LogP contribution in [0.15, 0.2) is 16.7 Å². The summed E-state index contributed by atoms with van der Waals surface area (Å²) >= 11 is 0. The van der Waals surface area contributed by atoms with Crippen molar-refractivity contribution in [3.05, 3.63) is 35.3 Å². The van der Waals surface area contributed by atoms with Crippen LogP contribution in [0.1, 0.15) is 37.4 Å². The third-order valence-corrected chi connectivity index (χ3v) is 2.62. The van der Waals surface area contributed by atoms with Crippen LogP contribution in [0.5, 0.6) is 0 Å². The largest absolute Gasteiger partial charge is 0.476 e. The number of esters is 2. The van der Waals surface area contributed by atoms with Crippen LogP contribution in [0.3, 0.4) is 0 Å². The SMILES string of the molecule is COC(=O)c1cc(C(=O)OC)n(Cc2nc(C(=O)O)co2)n1. The Morgan fingerprint density at radius 2 is 1.91 bits per heavy atom. The lowest BCUT2D eigenvalue weighted by Crippen LogP contribution is -2.13. The Morgan fingerprint density at radius 3 is 2.45 bits per heavy atom. The monoisotopic (exact) mass is 309 g/mol. The summed E-state index contributed by atoms with van der Waals surface area (Å²) in [6.45, 7) is -0.158. The first-order valence-electron chi connectivity index (χ1n) is 5.88. The van der Waals surface area contributed by atoms with Gasteiger partial charge in [-0.1, -0.05) is 0 Å². The van der Waals surface area contributed by atoms with Crippen molar-refractivity contribution in [1.29, 1.82) is 0 Å². The normalized spacial score (nSPS) is 10.3. The van der Waals surface area contributed by atoms with E-state index in [0.717, 1.165) is 10.9 Å². The molecule has 2 heterocycles. The molecule has 0 aliphatic rings. The third kappa shape index (κ3) is 2.95. The van der Waals surface area contributed by atoms with E-state index in [2.05, 4.69) is 19.6 Å². The van der Waals surface area contributed by atoms with Gasteiger partial charge in [0.2, 0.25) is 5.89 Å². The summed E-state index contributed by atoms with van der Waals surface area (Å²) in [5, 5.41) is 12.7. The molecular formula is C12H11N3O7. The summed E-state index contributed by atoms with van der Waals surface area (Å²) in [4.78, 5) is 37.6. The Hall–Kier alpha value is -3.17. The lowest BCUT2D eigenvalue weighted by Gasteiger charge is -2.02. The van der Waals surface area contributed by atoms with E-state index in [1.54, 1.807) is 0 Å². The fourth-order valence-corrected chi connectivity index (χ4v) is 1.62. The zero-order valence-electron chi connectivity index (χ0n) is 11.6. The van der Waals surface area contributed by atoms with Gasteiger partial charge < -0.3 is 19.0 Å². The van der Waals surface area contributed by atoms with E-state index >= 15 is 0 Å². The number of aromatic carboxylic acids is 1. The second kappa shape index (κ2) is 6.08. The van der Waals surface area contributed by atoms with E-state index in [4.69, 9.17) is 9.52 Å². The van der Waals surface area contributed by atoms with Gasteiger partial charge in [0, 0.05) is 6.07 Å². The highest BCUT2D eigenvalue weighted by molar-refractivity contribution is 5.93. The van der Waals surface area contributed by atoms with Crippen LogP contribution in [-0.4, -0.2) is 52.0 Å². The van der Waals surface area contributed by atoms with Crippen molar-refractivity contribution in [2.45, 2.75) is 6.54 Å². The predicted molar refractivity (Wildman–Crippen MR) is 67.5 cm³/mol. The minimum atomic E-state index is -1.25. The Bertz CT molecular complexity index is 731. The molecule has 0 saturated carbocycles. The molecule has 0 radical (unpaired) electrons. The Morgan fingerprint density at radius 1 is 1.23 bits per heavy atom. The molecule has 0 aliphatic heterocycles. The summed E-state index contributed by atoms with van der Waals surface area (Å²) in [6, 6.07) is 1.19. The average Bonchev–Trinajstić information content (AvgIpc) is 3.13. The summed E-state index contributed by atoms with van der Waals surface area (Å²) in [5.41, 5.74) is -0.416. The number of carbonyl (C=O) groups is 3. The van der Waals surface area contributed by atoms with Crippen molar-refractivity contribution < 1.29 is 33.4 Å². The van der Waals surface area contributed by atoms with E-state index in [9.17, 15) is 14.4 Å². The highest BCUT2D eigenvalue weighted by Gasteiger charge is 2.21. The molecule has 2 rings (SSSR count). The number of carbonyl (C=O) groups excluding carboxylic acids is 2. The fraction of sp³-hybridized carbons (Fsp3) is 0.250. The summed E-state index contributed by atoms with van der Waals surface area (Å²) in [5.74, 6) is -2.71. The third-order valence-electron chi connectivity index (χ3n) is 2.62. The number of ether oxygens (including phenoxy) is 2. The summed E-state index contributed by atoms with van der Waals surface area (Å²) < 4.78 is 15.2. The zero-order chi connectivity index (χ0) is 16.3. The van der Waals surface area contributed by atoms with E-state index < -0.39 is 17.9 Å². The minimum Gasteiger partial charge on any atom is -0.476 e. The molecule has 116 valence electrons. The van der Waals surface area contributed by atoms with Crippen molar-refractivity contribution >= 4 is 17.9 Å². The molecule has 2 aromatic heterocycles. The second-order valence-electron chi connectivity index (χ2n) is 3.99. The van der Waals surface area contributed by atoms with Crippen molar-refractivity contribution in [3.63, 3.8) is 0 Å². The molecule has 0 aromatic carbocycles. The van der Waals surface area contributed by atoms with Gasteiger partial charge in [-0.3, -0.25) is 0 Å². The molecule has 0 spiro atoms. The lowest BCUT2D eigenvalue weighted by molar-refractivity contribution is 0.0581. The van der Waals surface area contributed by atoms with E-state index in [0.29, 0.717) is 0 Å². The number of methoxy groups -OCH3 is 2. The predicted octanol–water partition coefficient (Wildman–Crippen LogP) is 0.191. The lowest BCUT2D eigenvalue weighted by atomic mass is 10.3. The molecule has 0 saturated heterocycles. The molecule has 0 atom stereocenters. The maximum atomic E-state index is 11.7. The Labute approximate surface area is 123 Å². The smallest absolute Gasteiger partial charge is 0.358 e. The number of hydrogen-bond donors (Lipinski definition) is 1. The van der Waals surface area contributed by atoms with Gasteiger partial charge in [0.15, 0.2) is 11.4 Å². The van der Waals surface area contributed by atoms with Crippen LogP contribution in [0.2, 0.25) is 0 Å². The van der Waals surface area contributed by atoms with Gasteiger partial charge in [0.25, 0.3) is 0 Å². The molecule has 2 aromatic rings. The zero-order valence-corrected chi connectivity index (χ0v) is 11.6. The number of rotatable bonds is 5. The van der Waals surface area contributed by atoms with Crippen LogP contribution in [-0.2, 0) is 16.0 Å². The molecule has 10 nitrogen and oxygen atoms in total. The number of carboxylic acid groups (broad SMARTS) is 1. The van der Waals surface area contributed by atoms with Gasteiger partial charge in [-0.15, -0.1) is 0 Å². The van der Waals surface area contributed by atoms with Gasteiger partial charge >= 0.3 is 17.9 Å². The number of aromatic nitrogens is 3. The first kappa shape index (κ1) is 15.2. The first-order chi connectivity index (χ1) is 10.5. The Balaban J connectivity index is 2.35. The van der Waals surface area contributed by atoms with E-state index in [1.165, 1.54) is 20.3 Å². The molecule has 0 amide bonds. The van der Waals surface area contributed by atoms with Crippen molar-refractivity contribution in [1.82, 2.24) is 14.8 Å². The van der Waals surface area contributed by atoms with Crippen LogP contribution >= 0.6 is 0 Å². The molecule has 0 fully saturated rings. The maximum absolute atomic E-state index is 11.7. The standard InChI is InChI=1S/C12H11N3O7/c1-20-11(18)6-3-8(12(19)21-2)15(14-6)4-9-13-7(5-22-9)10(16)17/h3,5H,4H2,1-2H3,(H,16,17).